The van der Waals surface area contributed by atoms with Crippen LogP contribution in [0.3, 0.4) is 0 Å². The molecule has 0 saturated carbocycles. The Morgan fingerprint density at radius 3 is 2.17 bits per heavy atom. The van der Waals surface area contributed by atoms with Gasteiger partial charge in [-0.15, -0.1) is 11.3 Å². The van der Waals surface area contributed by atoms with Crippen molar-refractivity contribution in [3.63, 3.8) is 0 Å². The largest absolute Gasteiger partial charge is 0.465 e. The predicted octanol–water partition coefficient (Wildman–Crippen LogP) is 5.92. The van der Waals surface area contributed by atoms with Crippen LogP contribution in [-0.2, 0) is 9.53 Å². The highest BCUT2D eigenvalue weighted by atomic mass is 79.9. The van der Waals surface area contributed by atoms with Crippen molar-refractivity contribution in [1.82, 2.24) is 4.90 Å². The molecule has 2 aromatic carbocycles. The van der Waals surface area contributed by atoms with Crippen LogP contribution in [-0.4, -0.2) is 41.7 Å². The number of hydrogen-bond donors (Lipinski definition) is 1. The van der Waals surface area contributed by atoms with Crippen molar-refractivity contribution in [3.05, 3.63) is 74.6 Å². The number of carbonyl (C=O) groups is 4. The Balaban J connectivity index is 1.74. The number of thiophene rings is 1. The van der Waals surface area contributed by atoms with E-state index in [1.165, 1.54) is 18.4 Å². The number of halogens is 1. The molecule has 1 aromatic heterocycles. The molecule has 1 aliphatic rings. The third kappa shape index (κ3) is 4.49. The topological polar surface area (TPSA) is 92.8 Å². The lowest BCUT2D eigenvalue weighted by atomic mass is 9.96. The zero-order chi connectivity index (χ0) is 26.1. The fourth-order valence-corrected chi connectivity index (χ4v) is 5.73. The second-order valence-corrected chi connectivity index (χ2v) is 10.7. The molecule has 0 saturated heterocycles. The summed E-state index contributed by atoms with van der Waals surface area (Å²) in [4.78, 5) is 54.8. The van der Waals surface area contributed by atoms with Gasteiger partial charge in [0.1, 0.15) is 16.6 Å². The molecular formula is C27H25BrN2O5S. The van der Waals surface area contributed by atoms with Crippen molar-refractivity contribution in [2.75, 3.05) is 12.4 Å². The van der Waals surface area contributed by atoms with Crippen LogP contribution in [0.2, 0.25) is 0 Å². The van der Waals surface area contributed by atoms with Gasteiger partial charge in [-0.3, -0.25) is 19.3 Å². The number of carbonyl (C=O) groups excluding carboxylic acids is 4. The summed E-state index contributed by atoms with van der Waals surface area (Å²) in [6.07, 6.45) is 0.558. The van der Waals surface area contributed by atoms with Crippen molar-refractivity contribution >= 4 is 56.0 Å². The number of hydrogen-bond acceptors (Lipinski definition) is 6. The number of aryl methyl sites for hydroxylation is 1. The van der Waals surface area contributed by atoms with Crippen LogP contribution in [0.4, 0.5) is 5.00 Å². The quantitative estimate of drug-likeness (QED) is 0.282. The first-order chi connectivity index (χ1) is 17.2. The number of anilines is 1. The molecule has 0 bridgehead atoms. The van der Waals surface area contributed by atoms with Gasteiger partial charge in [0, 0.05) is 14.9 Å². The van der Waals surface area contributed by atoms with E-state index in [4.69, 9.17) is 4.74 Å². The van der Waals surface area contributed by atoms with Crippen LogP contribution in [0.15, 0.2) is 53.0 Å². The average Bonchev–Trinajstić information content (AvgIpc) is 3.32. The van der Waals surface area contributed by atoms with Gasteiger partial charge < -0.3 is 10.1 Å². The minimum absolute atomic E-state index is 0.237. The summed E-state index contributed by atoms with van der Waals surface area (Å²) >= 11 is 4.67. The maximum absolute atomic E-state index is 13.7. The van der Waals surface area contributed by atoms with Crippen molar-refractivity contribution in [2.45, 2.75) is 33.2 Å². The van der Waals surface area contributed by atoms with Gasteiger partial charge in [0.05, 0.1) is 18.2 Å². The predicted molar refractivity (Wildman–Crippen MR) is 142 cm³/mol. The van der Waals surface area contributed by atoms with Crippen LogP contribution in [0, 0.1) is 12.8 Å². The number of esters is 1. The highest BCUT2D eigenvalue weighted by molar-refractivity contribution is 9.10. The third-order valence-corrected chi connectivity index (χ3v) is 7.95. The average molecular weight is 569 g/mol. The molecule has 9 heteroatoms. The first kappa shape index (κ1) is 25.8. The monoisotopic (exact) mass is 568 g/mol. The van der Waals surface area contributed by atoms with Crippen LogP contribution in [0.25, 0.3) is 11.1 Å². The lowest BCUT2D eigenvalue weighted by Gasteiger charge is -2.29. The first-order valence-electron chi connectivity index (χ1n) is 11.4. The van der Waals surface area contributed by atoms with E-state index in [1.807, 2.05) is 45.0 Å². The van der Waals surface area contributed by atoms with E-state index in [-0.39, 0.29) is 22.6 Å². The summed E-state index contributed by atoms with van der Waals surface area (Å²) in [6, 6.07) is 13.0. The number of benzene rings is 2. The molecule has 1 N–H and O–H groups in total. The first-order valence-corrected chi connectivity index (χ1v) is 13.1. The molecular weight excluding hydrogens is 544 g/mol. The fraction of sp³-hybridized carbons (Fsp3) is 0.259. The summed E-state index contributed by atoms with van der Waals surface area (Å²) in [6.45, 7) is 5.58. The number of nitrogens with one attached hydrogen (secondary N) is 1. The number of imide groups is 1. The minimum atomic E-state index is -1.05. The highest BCUT2D eigenvalue weighted by Gasteiger charge is 2.44. The molecule has 36 heavy (non-hydrogen) atoms. The summed E-state index contributed by atoms with van der Waals surface area (Å²) < 4.78 is 5.94. The van der Waals surface area contributed by atoms with Crippen LogP contribution < -0.4 is 5.32 Å². The van der Waals surface area contributed by atoms with Gasteiger partial charge in [-0.25, -0.2) is 4.79 Å². The third-order valence-electron chi connectivity index (χ3n) is 6.40. The number of methoxy groups -OCH3 is 1. The molecule has 0 fully saturated rings. The Morgan fingerprint density at radius 2 is 1.64 bits per heavy atom. The zero-order valence-electron chi connectivity index (χ0n) is 20.3. The number of amides is 3. The van der Waals surface area contributed by atoms with E-state index in [0.717, 1.165) is 19.8 Å². The normalized spacial score (nSPS) is 14.4. The van der Waals surface area contributed by atoms with Gasteiger partial charge in [-0.2, -0.15) is 0 Å². The van der Waals surface area contributed by atoms with Gasteiger partial charge in [-0.1, -0.05) is 60.5 Å². The SMILES string of the molecule is CCC(C)C(C(=O)Nc1sc(C)c(-c2ccc(Br)cc2)c1C(=O)OC)N1C(=O)c2ccccc2C1=O. The Kier molecular flexibility index (Phi) is 7.42. The Labute approximate surface area is 221 Å². The Bertz CT molecular complexity index is 1330. The van der Waals surface area contributed by atoms with E-state index >= 15 is 0 Å². The summed E-state index contributed by atoms with van der Waals surface area (Å²) in [7, 11) is 1.28. The van der Waals surface area contributed by atoms with Gasteiger partial charge in [-0.05, 0) is 42.7 Å². The molecule has 4 rings (SSSR count). The number of rotatable bonds is 7. The summed E-state index contributed by atoms with van der Waals surface area (Å²) in [5.41, 5.74) is 2.26. The van der Waals surface area contributed by atoms with Crippen molar-refractivity contribution in [3.8, 4) is 11.1 Å². The maximum Gasteiger partial charge on any atom is 0.341 e. The van der Waals surface area contributed by atoms with E-state index in [0.29, 0.717) is 17.0 Å². The van der Waals surface area contributed by atoms with E-state index in [2.05, 4.69) is 21.2 Å². The van der Waals surface area contributed by atoms with Crippen molar-refractivity contribution < 1.29 is 23.9 Å². The Hall–Kier alpha value is -3.30. The highest BCUT2D eigenvalue weighted by Crippen LogP contribution is 2.41. The van der Waals surface area contributed by atoms with Gasteiger partial charge in [0.2, 0.25) is 5.91 Å². The molecule has 2 unspecified atom stereocenters. The van der Waals surface area contributed by atoms with Crippen LogP contribution in [0.1, 0.15) is 56.2 Å². The number of ether oxygens (including phenoxy) is 1. The van der Waals surface area contributed by atoms with Crippen LogP contribution >= 0.6 is 27.3 Å². The zero-order valence-corrected chi connectivity index (χ0v) is 22.7. The van der Waals surface area contributed by atoms with E-state index in [1.54, 1.807) is 24.3 Å². The lowest BCUT2D eigenvalue weighted by Crippen LogP contribution is -2.50. The standard InChI is InChI=1S/C27H25BrN2O5S/c1-5-14(2)22(30-25(32)18-8-6-7-9-19(18)26(30)33)23(31)29-24-21(27(34)35-4)20(15(3)36-24)16-10-12-17(28)13-11-16/h6-14,22H,5H2,1-4H3,(H,29,31). The van der Waals surface area contributed by atoms with Gasteiger partial charge in [0.15, 0.2) is 0 Å². The molecule has 186 valence electrons. The molecule has 2 atom stereocenters. The molecule has 0 radical (unpaired) electrons. The smallest absolute Gasteiger partial charge is 0.341 e. The van der Waals surface area contributed by atoms with E-state index in [9.17, 15) is 19.2 Å². The van der Waals surface area contributed by atoms with Gasteiger partial charge >= 0.3 is 5.97 Å². The molecule has 0 aliphatic carbocycles. The molecule has 3 amide bonds. The second-order valence-electron chi connectivity index (χ2n) is 8.58. The molecule has 0 spiro atoms. The number of fused-ring (bicyclic) bond motifs is 1. The minimum Gasteiger partial charge on any atom is -0.465 e. The summed E-state index contributed by atoms with van der Waals surface area (Å²) in [5, 5.41) is 3.16. The van der Waals surface area contributed by atoms with Crippen molar-refractivity contribution in [2.24, 2.45) is 5.92 Å². The van der Waals surface area contributed by atoms with Gasteiger partial charge in [0.25, 0.3) is 11.8 Å². The molecule has 3 aromatic rings. The maximum atomic E-state index is 13.7. The summed E-state index contributed by atoms with van der Waals surface area (Å²) in [5.74, 6) is -2.44. The molecule has 2 heterocycles. The lowest BCUT2D eigenvalue weighted by molar-refractivity contribution is -0.121. The fourth-order valence-electron chi connectivity index (χ4n) is 4.39. The number of nitrogens with zero attached hydrogens (tertiary/aromatic N) is 1. The molecule has 1 aliphatic heterocycles. The molecule has 7 nitrogen and oxygen atoms in total. The van der Waals surface area contributed by atoms with Crippen molar-refractivity contribution in [1.29, 1.82) is 0 Å². The Morgan fingerprint density at radius 1 is 1.06 bits per heavy atom. The van der Waals surface area contributed by atoms with Crippen LogP contribution in [0.5, 0.6) is 0 Å². The second kappa shape index (κ2) is 10.4. The van der Waals surface area contributed by atoms with E-state index < -0.39 is 29.7 Å².